The van der Waals surface area contributed by atoms with Gasteiger partial charge in [-0.2, -0.15) is 0 Å². The van der Waals surface area contributed by atoms with Crippen molar-refractivity contribution in [1.82, 2.24) is 14.2 Å². The number of thiazole rings is 1. The van der Waals surface area contributed by atoms with Crippen LogP contribution in [-0.4, -0.2) is 75.4 Å². The van der Waals surface area contributed by atoms with Crippen LogP contribution in [0.2, 0.25) is 0 Å². The van der Waals surface area contributed by atoms with Crippen molar-refractivity contribution in [3.63, 3.8) is 0 Å². The minimum atomic E-state index is -3.57. The van der Waals surface area contributed by atoms with E-state index in [0.29, 0.717) is 36.1 Å². The molecule has 0 aliphatic rings. The number of fused-ring (bicyclic) bond motifs is 1. The highest BCUT2D eigenvalue weighted by Gasteiger charge is 2.24. The Morgan fingerprint density at radius 3 is 2.26 bits per heavy atom. The first-order valence-electron chi connectivity index (χ1n) is 11.3. The van der Waals surface area contributed by atoms with Gasteiger partial charge in [0.1, 0.15) is 11.3 Å². The molecule has 3 aromatic rings. The number of hydrogen-bond donors (Lipinski definition) is 0. The van der Waals surface area contributed by atoms with E-state index in [1.54, 1.807) is 17.0 Å². The molecule has 0 unspecified atom stereocenters. The van der Waals surface area contributed by atoms with E-state index in [1.807, 2.05) is 25.1 Å². The van der Waals surface area contributed by atoms with Gasteiger partial charge in [0.2, 0.25) is 10.0 Å². The summed E-state index contributed by atoms with van der Waals surface area (Å²) in [4.78, 5) is 22.4. The first kappa shape index (κ1) is 26.1. The first-order chi connectivity index (χ1) is 16.2. The highest BCUT2D eigenvalue weighted by atomic mass is 32.2. The molecule has 1 aromatic heterocycles. The van der Waals surface area contributed by atoms with Crippen LogP contribution in [0.5, 0.6) is 5.75 Å². The van der Waals surface area contributed by atoms with Gasteiger partial charge < -0.3 is 9.64 Å². The van der Waals surface area contributed by atoms with Gasteiger partial charge in [-0.05, 0) is 56.4 Å². The van der Waals surface area contributed by atoms with E-state index in [0.717, 1.165) is 27.6 Å². The number of amides is 1. The highest BCUT2D eigenvalue weighted by Crippen LogP contribution is 2.35. The molecule has 3 rings (SSSR count). The maximum Gasteiger partial charge on any atom is 0.260 e. The van der Waals surface area contributed by atoms with E-state index in [9.17, 15) is 13.2 Å². The molecule has 10 heteroatoms. The first-order valence-corrected chi connectivity index (χ1v) is 13.6. The molecule has 0 aliphatic carbocycles. The van der Waals surface area contributed by atoms with Gasteiger partial charge in [0.25, 0.3) is 5.91 Å². The third-order valence-corrected chi connectivity index (χ3v) is 8.43. The molecule has 0 fully saturated rings. The summed E-state index contributed by atoms with van der Waals surface area (Å²) in [6.07, 6.45) is 0. The number of ether oxygens (including phenoxy) is 1. The predicted molar refractivity (Wildman–Crippen MR) is 138 cm³/mol. The van der Waals surface area contributed by atoms with Crippen LogP contribution in [-0.2, 0) is 10.0 Å². The number of carbonyl (C=O) groups excluding carboxylic acids is 1. The van der Waals surface area contributed by atoms with Crippen LogP contribution >= 0.6 is 11.3 Å². The lowest BCUT2D eigenvalue weighted by Crippen LogP contribution is -2.38. The van der Waals surface area contributed by atoms with Crippen molar-refractivity contribution in [2.75, 3.05) is 51.8 Å². The fourth-order valence-electron chi connectivity index (χ4n) is 3.50. The van der Waals surface area contributed by atoms with Crippen LogP contribution < -0.4 is 9.64 Å². The van der Waals surface area contributed by atoms with E-state index >= 15 is 0 Å². The maximum absolute atomic E-state index is 13.6. The van der Waals surface area contributed by atoms with Crippen LogP contribution in [0.15, 0.2) is 47.4 Å². The number of carbonyl (C=O) groups is 1. The lowest BCUT2D eigenvalue weighted by Gasteiger charge is -2.25. The number of aromatic nitrogens is 1. The van der Waals surface area contributed by atoms with E-state index < -0.39 is 10.0 Å². The van der Waals surface area contributed by atoms with Crippen LogP contribution in [0.1, 0.15) is 31.1 Å². The summed E-state index contributed by atoms with van der Waals surface area (Å²) >= 11 is 1.44. The molecule has 0 saturated heterocycles. The van der Waals surface area contributed by atoms with Crippen molar-refractivity contribution in [2.45, 2.75) is 25.7 Å². The molecular formula is C24H32N4O4S2. The van der Waals surface area contributed by atoms with Crippen molar-refractivity contribution in [1.29, 1.82) is 0 Å². The Labute approximate surface area is 205 Å². The van der Waals surface area contributed by atoms with Crippen molar-refractivity contribution in [3.05, 3.63) is 48.0 Å². The smallest absolute Gasteiger partial charge is 0.260 e. The third kappa shape index (κ3) is 5.57. The van der Waals surface area contributed by atoms with Crippen molar-refractivity contribution >= 4 is 42.6 Å². The number of sulfonamides is 1. The summed E-state index contributed by atoms with van der Waals surface area (Å²) < 4.78 is 32.6. The molecule has 0 bridgehead atoms. The molecule has 0 spiro atoms. The molecule has 1 heterocycles. The zero-order chi connectivity index (χ0) is 24.9. The van der Waals surface area contributed by atoms with Gasteiger partial charge in [-0.15, -0.1) is 0 Å². The Morgan fingerprint density at radius 2 is 1.68 bits per heavy atom. The topological polar surface area (TPSA) is 83.0 Å². The Kier molecular flexibility index (Phi) is 8.64. The quantitative estimate of drug-likeness (QED) is 0.393. The molecule has 34 heavy (non-hydrogen) atoms. The summed E-state index contributed by atoms with van der Waals surface area (Å²) in [7, 11) is -0.612. The average Bonchev–Trinajstić information content (AvgIpc) is 3.26. The second-order valence-corrected chi connectivity index (χ2v) is 11.0. The van der Waals surface area contributed by atoms with E-state index in [1.165, 1.54) is 37.6 Å². The molecule has 0 radical (unpaired) electrons. The van der Waals surface area contributed by atoms with Gasteiger partial charge in [0.05, 0.1) is 16.2 Å². The van der Waals surface area contributed by atoms with Crippen LogP contribution in [0.25, 0.3) is 10.2 Å². The summed E-state index contributed by atoms with van der Waals surface area (Å²) in [6.45, 7) is 9.54. The van der Waals surface area contributed by atoms with Crippen LogP contribution in [0.3, 0.4) is 0 Å². The van der Waals surface area contributed by atoms with Gasteiger partial charge in [0, 0.05) is 32.7 Å². The van der Waals surface area contributed by atoms with E-state index in [2.05, 4.69) is 18.7 Å². The second kappa shape index (κ2) is 11.3. The number of para-hydroxylation sites is 1. The maximum atomic E-state index is 13.6. The Hall–Kier alpha value is -2.53. The fourth-order valence-corrected chi connectivity index (χ4v) is 5.41. The van der Waals surface area contributed by atoms with Crippen LogP contribution in [0, 0.1) is 0 Å². The molecule has 0 atom stereocenters. The number of rotatable bonds is 11. The van der Waals surface area contributed by atoms with E-state index in [-0.39, 0.29) is 10.8 Å². The van der Waals surface area contributed by atoms with E-state index in [4.69, 9.17) is 9.72 Å². The lowest BCUT2D eigenvalue weighted by molar-refractivity contribution is 0.0983. The minimum Gasteiger partial charge on any atom is -0.492 e. The van der Waals surface area contributed by atoms with Gasteiger partial charge >= 0.3 is 0 Å². The van der Waals surface area contributed by atoms with Gasteiger partial charge in [0.15, 0.2) is 5.13 Å². The minimum absolute atomic E-state index is 0.144. The van der Waals surface area contributed by atoms with Crippen LogP contribution in [0.4, 0.5) is 5.13 Å². The fraction of sp³-hybridized carbons (Fsp3) is 0.417. The number of likely N-dealkylation sites (N-methyl/N-ethyl adjacent to an activating group) is 1. The molecule has 8 nitrogen and oxygen atoms in total. The normalized spacial score (nSPS) is 12.0. The number of benzene rings is 2. The summed E-state index contributed by atoms with van der Waals surface area (Å²) in [5.74, 6) is 0.467. The molecule has 1 amide bonds. The highest BCUT2D eigenvalue weighted by molar-refractivity contribution is 7.89. The van der Waals surface area contributed by atoms with Crippen molar-refractivity contribution < 1.29 is 17.9 Å². The van der Waals surface area contributed by atoms with Gasteiger partial charge in [-0.1, -0.05) is 31.3 Å². The summed E-state index contributed by atoms with van der Waals surface area (Å²) in [5, 5.41) is 0.587. The molecule has 2 aromatic carbocycles. The van der Waals surface area contributed by atoms with Gasteiger partial charge in [-0.25, -0.2) is 17.7 Å². The Balaban J connectivity index is 1.98. The molecule has 0 saturated carbocycles. The summed E-state index contributed by atoms with van der Waals surface area (Å²) in [5.41, 5.74) is 1.14. The summed E-state index contributed by atoms with van der Waals surface area (Å²) in [6, 6.07) is 11.8. The van der Waals surface area contributed by atoms with Crippen molar-refractivity contribution in [2.24, 2.45) is 0 Å². The number of nitrogens with zero attached hydrogens (tertiary/aromatic N) is 4. The zero-order valence-electron chi connectivity index (χ0n) is 20.3. The Bertz CT molecular complexity index is 1220. The number of hydrogen-bond acceptors (Lipinski definition) is 7. The molecular weight excluding hydrogens is 472 g/mol. The monoisotopic (exact) mass is 504 g/mol. The largest absolute Gasteiger partial charge is 0.492 e. The molecule has 0 N–H and O–H groups in total. The van der Waals surface area contributed by atoms with Gasteiger partial charge in [-0.3, -0.25) is 9.69 Å². The molecule has 184 valence electrons. The SMILES string of the molecule is CCOc1cccc2sc(N(CCN(CC)CC)C(=O)c3ccc(S(=O)(=O)N(C)C)cc3)nc12. The number of anilines is 1. The lowest BCUT2D eigenvalue weighted by atomic mass is 10.2. The standard InChI is InChI=1S/C24H32N4O4S2/c1-6-27(7-2)16-17-28(24-25-22-20(32-8-3)10-9-11-21(22)33-24)23(29)18-12-14-19(15-13-18)34(30,31)26(4)5/h9-15H,6-8,16-17H2,1-5H3. The molecule has 0 aliphatic heterocycles. The predicted octanol–water partition coefficient (Wildman–Crippen LogP) is 3.93. The second-order valence-electron chi connectivity index (χ2n) is 7.83. The van der Waals surface area contributed by atoms with Crippen molar-refractivity contribution in [3.8, 4) is 5.75 Å². The average molecular weight is 505 g/mol. The Morgan fingerprint density at radius 1 is 1.00 bits per heavy atom. The third-order valence-electron chi connectivity index (χ3n) is 5.56. The zero-order valence-corrected chi connectivity index (χ0v) is 21.9.